The summed E-state index contributed by atoms with van der Waals surface area (Å²) in [6.45, 7) is 7.70. The van der Waals surface area contributed by atoms with E-state index in [-0.39, 0.29) is 0 Å². The Bertz CT molecular complexity index is 168. The van der Waals surface area contributed by atoms with Gasteiger partial charge in [-0.05, 0) is 38.0 Å². The average Bonchev–Trinajstić information content (AvgIpc) is 2.15. The third-order valence-electron chi connectivity index (χ3n) is 3.38. The van der Waals surface area contributed by atoms with Crippen LogP contribution in [0.25, 0.3) is 0 Å². The van der Waals surface area contributed by atoms with Gasteiger partial charge in [-0.15, -0.1) is 0 Å². The van der Waals surface area contributed by atoms with E-state index in [0.29, 0.717) is 25.0 Å². The molecule has 2 atom stereocenters. The summed E-state index contributed by atoms with van der Waals surface area (Å²) in [6.07, 6.45) is 4.25. The van der Waals surface area contributed by atoms with Crippen LogP contribution < -0.4 is 0 Å². The molecule has 0 saturated heterocycles. The van der Waals surface area contributed by atoms with Gasteiger partial charge in [0.15, 0.2) is 0 Å². The maximum Gasteiger partial charge on any atom is 0.0882 e. The van der Waals surface area contributed by atoms with Gasteiger partial charge in [-0.2, -0.15) is 0 Å². The van der Waals surface area contributed by atoms with Gasteiger partial charge < -0.3 is 9.84 Å². The summed E-state index contributed by atoms with van der Waals surface area (Å²) in [5.74, 6) is 1.36. The number of aliphatic hydroxyl groups is 1. The summed E-state index contributed by atoms with van der Waals surface area (Å²) >= 11 is 0. The topological polar surface area (TPSA) is 29.5 Å². The van der Waals surface area contributed by atoms with E-state index in [1.165, 1.54) is 6.42 Å². The molecule has 14 heavy (non-hydrogen) atoms. The van der Waals surface area contributed by atoms with Crippen molar-refractivity contribution in [2.45, 2.75) is 52.1 Å². The Balaban J connectivity index is 2.44. The quantitative estimate of drug-likeness (QED) is 0.756. The normalized spacial score (nSPS) is 33.6. The highest BCUT2D eigenvalue weighted by atomic mass is 16.5. The highest BCUT2D eigenvalue weighted by molar-refractivity contribution is 4.87. The summed E-state index contributed by atoms with van der Waals surface area (Å²) in [6, 6.07) is 0. The summed E-state index contributed by atoms with van der Waals surface area (Å²) < 4.78 is 5.35. The van der Waals surface area contributed by atoms with Crippen molar-refractivity contribution in [3.63, 3.8) is 0 Å². The standard InChI is InChI=1S/C12H24O2/c1-4-14-9-12(13)7-5-6-11(8-12)10(2)3/h10-11,13H,4-9H2,1-3H3. The van der Waals surface area contributed by atoms with Gasteiger partial charge in [-0.25, -0.2) is 0 Å². The Kier molecular flexibility index (Phi) is 4.39. The summed E-state index contributed by atoms with van der Waals surface area (Å²) in [5.41, 5.74) is -0.538. The van der Waals surface area contributed by atoms with E-state index in [1.807, 2.05) is 6.92 Å². The van der Waals surface area contributed by atoms with Crippen LogP contribution in [0.4, 0.5) is 0 Å². The number of ether oxygens (including phenoxy) is 1. The van der Waals surface area contributed by atoms with Crippen molar-refractivity contribution in [3.05, 3.63) is 0 Å². The van der Waals surface area contributed by atoms with Gasteiger partial charge in [-0.1, -0.05) is 20.3 Å². The molecule has 0 aromatic carbocycles. The largest absolute Gasteiger partial charge is 0.387 e. The van der Waals surface area contributed by atoms with Gasteiger partial charge >= 0.3 is 0 Å². The molecule has 2 nitrogen and oxygen atoms in total. The molecule has 0 aromatic rings. The van der Waals surface area contributed by atoms with Crippen LogP contribution in [-0.2, 0) is 4.74 Å². The fraction of sp³-hybridized carbons (Fsp3) is 1.00. The zero-order chi connectivity index (χ0) is 10.6. The first-order valence-corrected chi connectivity index (χ1v) is 5.87. The summed E-state index contributed by atoms with van der Waals surface area (Å²) in [4.78, 5) is 0. The Morgan fingerprint density at radius 2 is 2.21 bits per heavy atom. The Morgan fingerprint density at radius 3 is 2.79 bits per heavy atom. The first-order chi connectivity index (χ1) is 6.57. The van der Waals surface area contributed by atoms with Crippen molar-refractivity contribution in [2.75, 3.05) is 13.2 Å². The molecule has 1 rings (SSSR count). The predicted molar refractivity (Wildman–Crippen MR) is 58.2 cm³/mol. The lowest BCUT2D eigenvalue weighted by Gasteiger charge is -2.38. The molecule has 0 heterocycles. The van der Waals surface area contributed by atoms with Crippen LogP contribution in [0.15, 0.2) is 0 Å². The number of rotatable bonds is 4. The van der Waals surface area contributed by atoms with Crippen LogP contribution in [0.2, 0.25) is 0 Å². The molecule has 1 aliphatic rings. The minimum atomic E-state index is -0.538. The highest BCUT2D eigenvalue weighted by Gasteiger charge is 2.35. The lowest BCUT2D eigenvalue weighted by atomic mass is 9.74. The lowest BCUT2D eigenvalue weighted by Crippen LogP contribution is -2.41. The van der Waals surface area contributed by atoms with Gasteiger partial charge in [0.2, 0.25) is 0 Å². The Morgan fingerprint density at radius 1 is 1.50 bits per heavy atom. The van der Waals surface area contributed by atoms with Crippen molar-refractivity contribution in [2.24, 2.45) is 11.8 Å². The first kappa shape index (κ1) is 12.0. The first-order valence-electron chi connectivity index (χ1n) is 5.87. The van der Waals surface area contributed by atoms with Gasteiger partial charge in [0, 0.05) is 6.61 Å². The molecule has 1 saturated carbocycles. The highest BCUT2D eigenvalue weighted by Crippen LogP contribution is 2.36. The van der Waals surface area contributed by atoms with Crippen molar-refractivity contribution >= 4 is 0 Å². The van der Waals surface area contributed by atoms with E-state index in [4.69, 9.17) is 4.74 Å². The van der Waals surface area contributed by atoms with Gasteiger partial charge in [-0.3, -0.25) is 0 Å². The van der Waals surface area contributed by atoms with Crippen LogP contribution in [0, 0.1) is 11.8 Å². The maximum atomic E-state index is 10.3. The zero-order valence-corrected chi connectivity index (χ0v) is 9.75. The van der Waals surface area contributed by atoms with E-state index in [9.17, 15) is 5.11 Å². The van der Waals surface area contributed by atoms with Crippen LogP contribution >= 0.6 is 0 Å². The third kappa shape index (κ3) is 3.25. The second kappa shape index (κ2) is 5.13. The van der Waals surface area contributed by atoms with E-state index < -0.39 is 5.60 Å². The van der Waals surface area contributed by atoms with Crippen molar-refractivity contribution < 1.29 is 9.84 Å². The van der Waals surface area contributed by atoms with Crippen LogP contribution in [0.5, 0.6) is 0 Å². The fourth-order valence-corrected chi connectivity index (χ4v) is 2.38. The van der Waals surface area contributed by atoms with Crippen molar-refractivity contribution in [1.29, 1.82) is 0 Å². The van der Waals surface area contributed by atoms with Crippen molar-refractivity contribution in [1.82, 2.24) is 0 Å². The minimum Gasteiger partial charge on any atom is -0.387 e. The molecule has 0 aromatic heterocycles. The Hall–Kier alpha value is -0.0800. The third-order valence-corrected chi connectivity index (χ3v) is 3.38. The molecule has 0 spiro atoms. The molecule has 0 bridgehead atoms. The summed E-state index contributed by atoms with van der Waals surface area (Å²) in [5, 5.41) is 10.3. The summed E-state index contributed by atoms with van der Waals surface area (Å²) in [7, 11) is 0. The minimum absolute atomic E-state index is 0.521. The molecule has 84 valence electrons. The molecule has 0 radical (unpaired) electrons. The van der Waals surface area contributed by atoms with E-state index in [2.05, 4.69) is 13.8 Å². The van der Waals surface area contributed by atoms with Gasteiger partial charge in [0.05, 0.1) is 12.2 Å². The number of hydrogen-bond acceptors (Lipinski definition) is 2. The maximum absolute atomic E-state index is 10.3. The average molecular weight is 200 g/mol. The molecular formula is C12H24O2. The zero-order valence-electron chi connectivity index (χ0n) is 9.75. The van der Waals surface area contributed by atoms with Crippen molar-refractivity contribution in [3.8, 4) is 0 Å². The Labute approximate surface area is 87.7 Å². The predicted octanol–water partition coefficient (Wildman–Crippen LogP) is 2.60. The smallest absolute Gasteiger partial charge is 0.0882 e. The molecule has 0 amide bonds. The second-order valence-corrected chi connectivity index (χ2v) is 4.96. The molecule has 1 aliphatic carbocycles. The molecule has 1 fully saturated rings. The van der Waals surface area contributed by atoms with E-state index >= 15 is 0 Å². The number of hydrogen-bond donors (Lipinski definition) is 1. The fourth-order valence-electron chi connectivity index (χ4n) is 2.38. The van der Waals surface area contributed by atoms with E-state index in [0.717, 1.165) is 19.3 Å². The molecule has 2 heteroatoms. The van der Waals surface area contributed by atoms with E-state index in [1.54, 1.807) is 0 Å². The molecular weight excluding hydrogens is 176 g/mol. The van der Waals surface area contributed by atoms with Crippen LogP contribution in [-0.4, -0.2) is 23.9 Å². The molecule has 1 N–H and O–H groups in total. The lowest BCUT2D eigenvalue weighted by molar-refractivity contribution is -0.0831. The van der Waals surface area contributed by atoms with Crippen LogP contribution in [0.1, 0.15) is 46.5 Å². The van der Waals surface area contributed by atoms with Gasteiger partial charge in [0.25, 0.3) is 0 Å². The SMILES string of the molecule is CCOCC1(O)CCCC(C(C)C)C1. The molecule has 2 unspecified atom stereocenters. The monoisotopic (exact) mass is 200 g/mol. The van der Waals surface area contributed by atoms with Crippen LogP contribution in [0.3, 0.4) is 0 Å². The van der Waals surface area contributed by atoms with Gasteiger partial charge in [0.1, 0.15) is 0 Å². The second-order valence-electron chi connectivity index (χ2n) is 4.96. The molecule has 0 aliphatic heterocycles.